The molecule has 1 N–H and O–H groups in total. The van der Waals surface area contributed by atoms with Crippen molar-refractivity contribution in [2.24, 2.45) is 0 Å². The predicted octanol–water partition coefficient (Wildman–Crippen LogP) is 3.93. The highest BCUT2D eigenvalue weighted by Crippen LogP contribution is 2.37. The smallest absolute Gasteiger partial charge is 0.162 e. The van der Waals surface area contributed by atoms with E-state index in [1.165, 1.54) is 0 Å². The van der Waals surface area contributed by atoms with Crippen LogP contribution in [0.4, 0.5) is 5.69 Å². The van der Waals surface area contributed by atoms with Gasteiger partial charge in [0, 0.05) is 24.5 Å². The first-order valence-electron chi connectivity index (χ1n) is 6.23. The second kappa shape index (κ2) is 6.48. The quantitative estimate of drug-likeness (QED) is 0.907. The van der Waals surface area contributed by atoms with E-state index in [-0.39, 0.29) is 6.04 Å². The molecule has 1 atom stereocenters. The molecule has 2 aromatic rings. The number of hydrogen-bond donors (Lipinski definition) is 1. The first-order valence-corrected chi connectivity index (χ1v) is 6.61. The van der Waals surface area contributed by atoms with Crippen molar-refractivity contribution < 1.29 is 9.47 Å². The minimum atomic E-state index is 0.0827. The van der Waals surface area contributed by atoms with Crippen LogP contribution < -0.4 is 14.8 Å². The monoisotopic (exact) mass is 292 g/mol. The van der Waals surface area contributed by atoms with E-state index in [1.807, 2.05) is 31.3 Å². The molecule has 1 aromatic carbocycles. The Hall–Kier alpha value is -1.94. The molecule has 1 aromatic heterocycles. The number of benzene rings is 1. The van der Waals surface area contributed by atoms with Crippen molar-refractivity contribution in [3.05, 3.63) is 47.2 Å². The number of halogens is 1. The molecular formula is C15H17ClN2O2. The molecule has 1 unspecified atom stereocenters. The van der Waals surface area contributed by atoms with Crippen molar-refractivity contribution in [3.8, 4) is 11.5 Å². The Morgan fingerprint density at radius 3 is 2.50 bits per heavy atom. The minimum absolute atomic E-state index is 0.0827. The number of pyridine rings is 1. The van der Waals surface area contributed by atoms with Crippen LogP contribution in [0.1, 0.15) is 18.5 Å². The van der Waals surface area contributed by atoms with Crippen LogP contribution in [-0.4, -0.2) is 19.2 Å². The molecule has 2 rings (SSSR count). The molecule has 0 bridgehead atoms. The number of hydrogen-bond acceptors (Lipinski definition) is 4. The van der Waals surface area contributed by atoms with Crippen LogP contribution in [0.5, 0.6) is 11.5 Å². The van der Waals surface area contributed by atoms with Gasteiger partial charge in [-0.1, -0.05) is 17.7 Å². The summed E-state index contributed by atoms with van der Waals surface area (Å²) in [4.78, 5) is 4.11. The maximum absolute atomic E-state index is 6.25. The highest BCUT2D eigenvalue weighted by molar-refractivity contribution is 6.33. The Balaban J connectivity index is 2.25. The molecule has 0 amide bonds. The molecule has 0 fully saturated rings. The van der Waals surface area contributed by atoms with Crippen LogP contribution >= 0.6 is 11.6 Å². The van der Waals surface area contributed by atoms with Crippen molar-refractivity contribution in [2.45, 2.75) is 13.0 Å². The SMILES string of the molecule is COc1cc(Cl)c(NC(C)c2cccnc2)cc1OC. The molecule has 0 saturated carbocycles. The summed E-state index contributed by atoms with van der Waals surface area (Å²) >= 11 is 6.25. The van der Waals surface area contributed by atoms with Crippen molar-refractivity contribution in [1.82, 2.24) is 4.98 Å². The zero-order valence-electron chi connectivity index (χ0n) is 11.7. The van der Waals surface area contributed by atoms with Crippen molar-refractivity contribution in [2.75, 3.05) is 19.5 Å². The lowest BCUT2D eigenvalue weighted by Gasteiger charge is -2.18. The van der Waals surface area contributed by atoms with E-state index in [0.717, 1.165) is 11.3 Å². The lowest BCUT2D eigenvalue weighted by atomic mass is 10.1. The van der Waals surface area contributed by atoms with Gasteiger partial charge in [-0.15, -0.1) is 0 Å². The second-order valence-corrected chi connectivity index (χ2v) is 4.75. The summed E-state index contributed by atoms with van der Waals surface area (Å²) in [5.41, 5.74) is 1.87. The first-order chi connectivity index (χ1) is 9.65. The third kappa shape index (κ3) is 3.14. The average Bonchev–Trinajstić information content (AvgIpc) is 2.49. The summed E-state index contributed by atoms with van der Waals surface area (Å²) in [5.74, 6) is 1.25. The molecular weight excluding hydrogens is 276 g/mol. The van der Waals surface area contributed by atoms with Gasteiger partial charge in [0.2, 0.25) is 0 Å². The van der Waals surface area contributed by atoms with E-state index in [4.69, 9.17) is 21.1 Å². The average molecular weight is 293 g/mol. The fourth-order valence-corrected chi connectivity index (χ4v) is 2.12. The van der Waals surface area contributed by atoms with Crippen LogP contribution in [-0.2, 0) is 0 Å². The van der Waals surface area contributed by atoms with Crippen LogP contribution in [0.25, 0.3) is 0 Å². The van der Waals surface area contributed by atoms with E-state index in [0.29, 0.717) is 16.5 Å². The molecule has 0 saturated heterocycles. The number of rotatable bonds is 5. The fourth-order valence-electron chi connectivity index (χ4n) is 1.91. The second-order valence-electron chi connectivity index (χ2n) is 4.34. The summed E-state index contributed by atoms with van der Waals surface area (Å²) in [7, 11) is 3.18. The van der Waals surface area contributed by atoms with Crippen molar-refractivity contribution in [1.29, 1.82) is 0 Å². The van der Waals surface area contributed by atoms with Gasteiger partial charge < -0.3 is 14.8 Å². The molecule has 4 nitrogen and oxygen atoms in total. The zero-order chi connectivity index (χ0) is 14.5. The normalized spacial score (nSPS) is 11.8. The summed E-state index contributed by atoms with van der Waals surface area (Å²) < 4.78 is 10.5. The van der Waals surface area contributed by atoms with E-state index in [1.54, 1.807) is 26.5 Å². The van der Waals surface area contributed by atoms with Gasteiger partial charge >= 0.3 is 0 Å². The van der Waals surface area contributed by atoms with E-state index >= 15 is 0 Å². The van der Waals surface area contributed by atoms with Gasteiger partial charge in [-0.05, 0) is 18.6 Å². The lowest BCUT2D eigenvalue weighted by molar-refractivity contribution is 0.355. The maximum Gasteiger partial charge on any atom is 0.162 e. The summed E-state index contributed by atoms with van der Waals surface area (Å²) in [6, 6.07) is 7.56. The molecule has 0 aliphatic carbocycles. The van der Waals surface area contributed by atoms with E-state index in [2.05, 4.69) is 10.3 Å². The lowest BCUT2D eigenvalue weighted by Crippen LogP contribution is -2.07. The highest BCUT2D eigenvalue weighted by Gasteiger charge is 2.12. The Morgan fingerprint density at radius 1 is 1.20 bits per heavy atom. The number of nitrogens with one attached hydrogen (secondary N) is 1. The Bertz CT molecular complexity index is 576. The maximum atomic E-state index is 6.25. The number of ether oxygens (including phenoxy) is 2. The fraction of sp³-hybridized carbons (Fsp3) is 0.267. The molecule has 0 spiro atoms. The predicted molar refractivity (Wildman–Crippen MR) is 80.8 cm³/mol. The topological polar surface area (TPSA) is 43.4 Å². The van der Waals surface area contributed by atoms with Gasteiger partial charge in [0.05, 0.1) is 31.0 Å². The standard InChI is InChI=1S/C15H17ClN2O2/c1-10(11-5-4-6-17-9-11)18-13-8-15(20-3)14(19-2)7-12(13)16/h4-10,18H,1-3H3. The van der Waals surface area contributed by atoms with Crippen molar-refractivity contribution in [3.63, 3.8) is 0 Å². The van der Waals surface area contributed by atoms with Gasteiger partial charge in [0.1, 0.15) is 0 Å². The van der Waals surface area contributed by atoms with Crippen LogP contribution in [0, 0.1) is 0 Å². The van der Waals surface area contributed by atoms with Gasteiger partial charge in [0.15, 0.2) is 11.5 Å². The molecule has 0 radical (unpaired) electrons. The highest BCUT2D eigenvalue weighted by atomic mass is 35.5. The molecule has 5 heteroatoms. The van der Waals surface area contributed by atoms with E-state index < -0.39 is 0 Å². The van der Waals surface area contributed by atoms with Gasteiger partial charge in [-0.2, -0.15) is 0 Å². The third-order valence-corrected chi connectivity index (χ3v) is 3.34. The number of anilines is 1. The number of nitrogens with zero attached hydrogens (tertiary/aromatic N) is 1. The van der Waals surface area contributed by atoms with Crippen LogP contribution in [0.15, 0.2) is 36.7 Å². The molecule has 20 heavy (non-hydrogen) atoms. The zero-order valence-corrected chi connectivity index (χ0v) is 12.4. The van der Waals surface area contributed by atoms with Gasteiger partial charge in [-0.3, -0.25) is 4.98 Å². The van der Waals surface area contributed by atoms with Gasteiger partial charge in [0.25, 0.3) is 0 Å². The summed E-state index contributed by atoms with van der Waals surface area (Å²) in [6.07, 6.45) is 3.58. The van der Waals surface area contributed by atoms with Crippen LogP contribution in [0.2, 0.25) is 5.02 Å². The Labute approximate surface area is 123 Å². The molecule has 1 heterocycles. The van der Waals surface area contributed by atoms with Crippen LogP contribution in [0.3, 0.4) is 0 Å². The van der Waals surface area contributed by atoms with Crippen molar-refractivity contribution >= 4 is 17.3 Å². The van der Waals surface area contributed by atoms with Gasteiger partial charge in [-0.25, -0.2) is 0 Å². The number of aromatic nitrogens is 1. The first kappa shape index (κ1) is 14.5. The molecule has 0 aliphatic heterocycles. The number of methoxy groups -OCH3 is 2. The summed E-state index contributed by atoms with van der Waals surface area (Å²) in [5, 5.41) is 3.93. The van der Waals surface area contributed by atoms with E-state index in [9.17, 15) is 0 Å². The minimum Gasteiger partial charge on any atom is -0.493 e. The Kier molecular flexibility index (Phi) is 4.69. The molecule has 106 valence electrons. The third-order valence-electron chi connectivity index (χ3n) is 3.03. The largest absolute Gasteiger partial charge is 0.493 e. The molecule has 0 aliphatic rings. The Morgan fingerprint density at radius 2 is 1.90 bits per heavy atom. The summed E-state index contributed by atoms with van der Waals surface area (Å²) in [6.45, 7) is 2.05.